The van der Waals surface area contributed by atoms with Crippen molar-refractivity contribution in [2.75, 3.05) is 77.4 Å². The van der Waals surface area contributed by atoms with Crippen LogP contribution in [-0.4, -0.2) is 111 Å². The summed E-state index contributed by atoms with van der Waals surface area (Å²) in [7, 11) is -0.660. The van der Waals surface area contributed by atoms with Gasteiger partial charge in [-0.25, -0.2) is 8.42 Å². The van der Waals surface area contributed by atoms with Gasteiger partial charge in [0.15, 0.2) is 0 Å². The first-order valence-corrected chi connectivity index (χ1v) is 14.9. The van der Waals surface area contributed by atoms with E-state index in [0.717, 1.165) is 39.1 Å². The molecule has 1 aromatic carbocycles. The van der Waals surface area contributed by atoms with Crippen molar-refractivity contribution in [3.05, 3.63) is 30.0 Å². The molecule has 222 valence electrons. The topological polar surface area (TPSA) is 177 Å². The molecule has 15 heteroatoms. The lowest BCUT2D eigenvalue weighted by atomic mass is 10.0. The number of nitrogens with two attached hydrogens (primary N) is 1. The minimum atomic E-state index is -3.71. The summed E-state index contributed by atoms with van der Waals surface area (Å²) in [6.45, 7) is 5.00. The van der Waals surface area contributed by atoms with Gasteiger partial charge in [-0.2, -0.15) is 14.3 Å². The Balaban J connectivity index is 1.35. The van der Waals surface area contributed by atoms with E-state index in [1.165, 1.54) is 19.4 Å². The van der Waals surface area contributed by atoms with Crippen LogP contribution in [0.15, 0.2) is 29.3 Å². The van der Waals surface area contributed by atoms with E-state index in [2.05, 4.69) is 30.5 Å². The number of methoxy groups -OCH3 is 2. The van der Waals surface area contributed by atoms with Crippen LogP contribution >= 0.6 is 0 Å². The van der Waals surface area contributed by atoms with Crippen molar-refractivity contribution >= 4 is 44.4 Å². The summed E-state index contributed by atoms with van der Waals surface area (Å²) in [4.78, 5) is 26.5. The van der Waals surface area contributed by atoms with E-state index in [9.17, 15) is 13.2 Å². The SMILES string of the molecule is COCCNc1nc(Nc2ccc(S(=O)(=O)N3CCC(N4CCOCC4)CC3)cc2OC)nc2[nH]cc(C(N)=O)c12. The number of hydrogen-bond donors (Lipinski definition) is 4. The normalized spacial score (nSPS) is 17.5. The van der Waals surface area contributed by atoms with Gasteiger partial charge in [-0.3, -0.25) is 9.69 Å². The largest absolute Gasteiger partial charge is 0.495 e. The van der Waals surface area contributed by atoms with E-state index in [1.807, 2.05) is 0 Å². The number of nitrogens with one attached hydrogen (secondary N) is 3. The maximum Gasteiger partial charge on any atom is 0.251 e. The molecule has 0 spiro atoms. The number of primary amides is 1. The van der Waals surface area contributed by atoms with Crippen LogP contribution in [0.5, 0.6) is 5.75 Å². The zero-order chi connectivity index (χ0) is 29.0. The van der Waals surface area contributed by atoms with Crippen LogP contribution < -0.4 is 21.1 Å². The summed E-state index contributed by atoms with van der Waals surface area (Å²) in [6, 6.07) is 5.05. The standard InChI is InChI=1S/C26H36N8O6S/c1-38-12-7-28-24-22-19(23(27)35)16-29-25(22)32-26(31-24)30-20-4-3-18(15-21(20)39-2)41(36,37)34-8-5-17(6-9-34)33-10-13-40-14-11-33/h3-4,15-17H,5-14H2,1-2H3,(H2,27,35)(H3,28,29,30,31,32). The van der Waals surface area contributed by atoms with Crippen molar-refractivity contribution in [1.29, 1.82) is 0 Å². The molecule has 0 atom stereocenters. The van der Waals surface area contributed by atoms with Gasteiger partial charge in [0.25, 0.3) is 5.91 Å². The van der Waals surface area contributed by atoms with E-state index in [4.69, 9.17) is 19.9 Å². The molecule has 0 radical (unpaired) electrons. The Morgan fingerprint density at radius 3 is 2.61 bits per heavy atom. The average molecular weight is 589 g/mol. The number of ether oxygens (including phenoxy) is 3. The number of piperidine rings is 1. The molecule has 5 rings (SSSR count). The minimum Gasteiger partial charge on any atom is -0.495 e. The smallest absolute Gasteiger partial charge is 0.251 e. The maximum absolute atomic E-state index is 13.5. The molecule has 14 nitrogen and oxygen atoms in total. The third-order valence-corrected chi connectivity index (χ3v) is 9.33. The number of carbonyl (C=O) groups is 1. The van der Waals surface area contributed by atoms with Gasteiger partial charge in [0.1, 0.15) is 17.2 Å². The fraction of sp³-hybridized carbons (Fsp3) is 0.500. The van der Waals surface area contributed by atoms with Crippen LogP contribution in [0.1, 0.15) is 23.2 Å². The van der Waals surface area contributed by atoms with Crippen molar-refractivity contribution in [3.63, 3.8) is 0 Å². The molecule has 2 aliphatic heterocycles. The summed E-state index contributed by atoms with van der Waals surface area (Å²) in [6.07, 6.45) is 3.05. The zero-order valence-corrected chi connectivity index (χ0v) is 24.0. The summed E-state index contributed by atoms with van der Waals surface area (Å²) < 4.78 is 44.7. The lowest BCUT2D eigenvalue weighted by molar-refractivity contribution is 0.00610. The highest BCUT2D eigenvalue weighted by Gasteiger charge is 2.32. The van der Waals surface area contributed by atoms with E-state index in [1.54, 1.807) is 23.5 Å². The Bertz CT molecular complexity index is 1480. The van der Waals surface area contributed by atoms with Crippen LogP contribution in [0.4, 0.5) is 17.5 Å². The molecule has 41 heavy (non-hydrogen) atoms. The molecule has 3 aromatic rings. The lowest BCUT2D eigenvalue weighted by Gasteiger charge is -2.39. The number of anilines is 3. The van der Waals surface area contributed by atoms with Gasteiger partial charge >= 0.3 is 0 Å². The van der Waals surface area contributed by atoms with E-state index in [-0.39, 0.29) is 16.4 Å². The third kappa shape index (κ3) is 6.23. The number of amides is 1. The van der Waals surface area contributed by atoms with Crippen LogP contribution in [0, 0.1) is 0 Å². The first-order chi connectivity index (χ1) is 19.8. The first-order valence-electron chi connectivity index (χ1n) is 13.5. The molecule has 5 N–H and O–H groups in total. The zero-order valence-electron chi connectivity index (χ0n) is 23.2. The Morgan fingerprint density at radius 1 is 1.17 bits per heavy atom. The number of aromatic amines is 1. The molecule has 0 saturated carbocycles. The Labute approximate surface area is 238 Å². The number of sulfonamides is 1. The number of fused-ring (bicyclic) bond motifs is 1. The average Bonchev–Trinajstić information content (AvgIpc) is 3.43. The molecular weight excluding hydrogens is 552 g/mol. The van der Waals surface area contributed by atoms with Gasteiger partial charge in [0.2, 0.25) is 16.0 Å². The van der Waals surface area contributed by atoms with Crippen LogP contribution in [0.2, 0.25) is 0 Å². The van der Waals surface area contributed by atoms with E-state index >= 15 is 0 Å². The monoisotopic (exact) mass is 588 g/mol. The summed E-state index contributed by atoms with van der Waals surface area (Å²) in [5, 5.41) is 6.71. The second-order valence-electron chi connectivity index (χ2n) is 9.88. The number of benzene rings is 1. The van der Waals surface area contributed by atoms with Crippen LogP contribution in [0.3, 0.4) is 0 Å². The van der Waals surface area contributed by atoms with Gasteiger partial charge in [-0.15, -0.1) is 0 Å². The van der Waals surface area contributed by atoms with Gasteiger partial charge in [0, 0.05) is 58.1 Å². The van der Waals surface area contributed by atoms with Crippen LogP contribution in [-0.2, 0) is 19.5 Å². The number of nitrogens with zero attached hydrogens (tertiary/aromatic N) is 4. The number of hydrogen-bond acceptors (Lipinski definition) is 11. The highest BCUT2D eigenvalue weighted by Crippen LogP contribution is 2.33. The Morgan fingerprint density at radius 2 is 1.93 bits per heavy atom. The second kappa shape index (κ2) is 12.6. The minimum absolute atomic E-state index is 0.151. The van der Waals surface area contributed by atoms with Gasteiger partial charge in [0.05, 0.1) is 48.5 Å². The quantitative estimate of drug-likeness (QED) is 0.238. The van der Waals surface area contributed by atoms with Crippen molar-refractivity contribution in [3.8, 4) is 5.75 Å². The third-order valence-electron chi connectivity index (χ3n) is 7.44. The van der Waals surface area contributed by atoms with Crippen LogP contribution in [0.25, 0.3) is 11.0 Å². The predicted octanol–water partition coefficient (Wildman–Crippen LogP) is 1.35. The number of aromatic nitrogens is 3. The van der Waals surface area contributed by atoms with Crippen molar-refractivity contribution in [2.24, 2.45) is 5.73 Å². The number of rotatable bonds is 11. The van der Waals surface area contributed by atoms with Crippen molar-refractivity contribution in [2.45, 2.75) is 23.8 Å². The Hall–Kier alpha value is -3.50. The maximum atomic E-state index is 13.5. The molecule has 1 amide bonds. The molecule has 2 aliphatic rings. The first kappa shape index (κ1) is 29.0. The second-order valence-corrected chi connectivity index (χ2v) is 11.8. The van der Waals surface area contributed by atoms with E-state index < -0.39 is 15.9 Å². The summed E-state index contributed by atoms with van der Waals surface area (Å²) >= 11 is 0. The number of morpholine rings is 1. The molecule has 2 saturated heterocycles. The van der Waals surface area contributed by atoms with Crippen molar-refractivity contribution in [1.82, 2.24) is 24.2 Å². The molecule has 2 aromatic heterocycles. The fourth-order valence-electron chi connectivity index (χ4n) is 5.28. The number of H-pyrrole nitrogens is 1. The lowest BCUT2D eigenvalue weighted by Crippen LogP contribution is -2.50. The van der Waals surface area contributed by atoms with Crippen molar-refractivity contribution < 1.29 is 27.4 Å². The Kier molecular flexibility index (Phi) is 8.89. The molecule has 4 heterocycles. The summed E-state index contributed by atoms with van der Waals surface area (Å²) in [5.74, 6) is 0.299. The predicted molar refractivity (Wildman–Crippen MR) is 153 cm³/mol. The number of carbonyl (C=O) groups excluding carboxylic acids is 1. The molecule has 0 bridgehead atoms. The molecule has 0 aliphatic carbocycles. The molecule has 2 fully saturated rings. The summed E-state index contributed by atoms with van der Waals surface area (Å²) in [5.41, 5.74) is 6.66. The van der Waals surface area contributed by atoms with Gasteiger partial charge in [-0.1, -0.05) is 0 Å². The molecular formula is C26H36N8O6S. The molecule has 0 unspecified atom stereocenters. The highest BCUT2D eigenvalue weighted by atomic mass is 32.2. The van der Waals surface area contributed by atoms with Gasteiger partial charge < -0.3 is 35.6 Å². The van der Waals surface area contributed by atoms with E-state index in [0.29, 0.717) is 60.6 Å². The highest BCUT2D eigenvalue weighted by molar-refractivity contribution is 7.89. The van der Waals surface area contributed by atoms with Gasteiger partial charge in [-0.05, 0) is 25.0 Å². The fourth-order valence-corrected chi connectivity index (χ4v) is 6.76.